The van der Waals surface area contributed by atoms with Gasteiger partial charge in [0.1, 0.15) is 0 Å². The Morgan fingerprint density at radius 1 is 1.36 bits per heavy atom. The number of hydrogen-bond donors (Lipinski definition) is 0. The molecule has 0 aliphatic heterocycles. The number of rotatable bonds is 2. The summed E-state index contributed by atoms with van der Waals surface area (Å²) in [5.74, 6) is -1.71. The van der Waals surface area contributed by atoms with E-state index in [1.807, 2.05) is 0 Å². The van der Waals surface area contributed by atoms with Crippen LogP contribution in [0, 0.1) is 11.6 Å². The topological polar surface area (TPSA) is 26.3 Å². The van der Waals surface area contributed by atoms with Crippen LogP contribution in [0.4, 0.5) is 8.78 Å². The average molecular weight is 172 g/mol. The van der Waals surface area contributed by atoms with E-state index >= 15 is 0 Å². The standard InChI is InChI=1S/C6H4F2O.Al.O/c7-4-1-2-6(9)5(8)3-4;;/h1-3,9H;;/q;+1;/p-1. The molecule has 1 rings (SSSR count). The summed E-state index contributed by atoms with van der Waals surface area (Å²) in [7, 11) is 0. The van der Waals surface area contributed by atoms with E-state index in [9.17, 15) is 12.6 Å². The Morgan fingerprint density at radius 2 is 2.09 bits per heavy atom. The van der Waals surface area contributed by atoms with Gasteiger partial charge in [-0.25, -0.2) is 0 Å². The minimum atomic E-state index is -1.51. The van der Waals surface area contributed by atoms with Crippen LogP contribution in [-0.2, 0) is 3.80 Å². The van der Waals surface area contributed by atoms with Crippen LogP contribution < -0.4 is 3.79 Å². The first-order valence-electron chi connectivity index (χ1n) is 2.79. The number of halogens is 2. The quantitative estimate of drug-likeness (QED) is 0.628. The van der Waals surface area contributed by atoms with E-state index in [2.05, 4.69) is 3.79 Å². The third-order valence-electron chi connectivity index (χ3n) is 1.07. The second kappa shape index (κ2) is 3.56. The van der Waals surface area contributed by atoms with Gasteiger partial charge < -0.3 is 0 Å². The van der Waals surface area contributed by atoms with Crippen molar-refractivity contribution in [1.82, 2.24) is 0 Å². The van der Waals surface area contributed by atoms with Crippen LogP contribution in [0.1, 0.15) is 0 Å². The summed E-state index contributed by atoms with van der Waals surface area (Å²) in [4.78, 5) is 0. The van der Waals surface area contributed by atoms with E-state index in [1.54, 1.807) is 0 Å². The Bertz CT molecular complexity index is 277. The molecule has 0 amide bonds. The molecule has 0 heterocycles. The van der Waals surface area contributed by atoms with Gasteiger partial charge in [-0.1, -0.05) is 0 Å². The first-order chi connectivity index (χ1) is 5.24. The van der Waals surface area contributed by atoms with Gasteiger partial charge in [-0.05, 0) is 0 Å². The maximum atomic E-state index is 12.5. The zero-order chi connectivity index (χ0) is 8.27. The summed E-state index contributed by atoms with van der Waals surface area (Å²) in [5.41, 5.74) is 0. The van der Waals surface area contributed by atoms with E-state index < -0.39 is 27.1 Å². The molecule has 0 saturated carbocycles. The third-order valence-corrected chi connectivity index (χ3v) is 1.42. The van der Waals surface area contributed by atoms with Crippen LogP contribution in [-0.4, -0.2) is 15.5 Å². The zero-order valence-corrected chi connectivity index (χ0v) is 6.54. The minimum absolute atomic E-state index is 0.184. The molecule has 0 aliphatic rings. The van der Waals surface area contributed by atoms with Gasteiger partial charge in [-0.2, -0.15) is 0 Å². The molecule has 0 saturated heterocycles. The summed E-state index contributed by atoms with van der Waals surface area (Å²) in [6.07, 6.45) is 0. The van der Waals surface area contributed by atoms with E-state index in [-0.39, 0.29) is 5.75 Å². The summed E-state index contributed by atoms with van der Waals surface area (Å²) in [5, 5.41) is 0. The molecule has 1 aromatic rings. The monoisotopic (exact) mass is 172 g/mol. The van der Waals surface area contributed by atoms with Gasteiger partial charge in [-0.15, -0.1) is 0 Å². The van der Waals surface area contributed by atoms with Crippen molar-refractivity contribution in [3.8, 4) is 5.75 Å². The van der Waals surface area contributed by atoms with Gasteiger partial charge in [0.05, 0.1) is 0 Å². The number of hydrogen-bond acceptors (Lipinski definition) is 2. The Hall–Kier alpha value is -0.788. The van der Waals surface area contributed by atoms with E-state index in [4.69, 9.17) is 0 Å². The molecule has 0 radical (unpaired) electrons. The van der Waals surface area contributed by atoms with Crippen LogP contribution >= 0.6 is 0 Å². The van der Waals surface area contributed by atoms with Crippen molar-refractivity contribution in [2.45, 2.75) is 0 Å². The molecule has 0 N–H and O–H groups in total. The molecule has 0 spiro atoms. The Kier molecular flexibility index (Phi) is 2.69. The molecular weight excluding hydrogens is 169 g/mol. The van der Waals surface area contributed by atoms with Gasteiger partial charge in [-0.3, -0.25) is 0 Å². The average Bonchev–Trinajstić information content (AvgIpc) is 1.95. The second-order valence-electron chi connectivity index (χ2n) is 1.79. The summed E-state index contributed by atoms with van der Waals surface area (Å²) < 4.78 is 39.1. The molecule has 0 atom stereocenters. The van der Waals surface area contributed by atoms with Crippen LogP contribution in [0.5, 0.6) is 5.75 Å². The van der Waals surface area contributed by atoms with Crippen molar-refractivity contribution in [3.63, 3.8) is 0 Å². The second-order valence-corrected chi connectivity index (χ2v) is 2.22. The Balaban J connectivity index is 2.98. The summed E-state index contributed by atoms with van der Waals surface area (Å²) >= 11 is -1.51. The molecule has 5 heteroatoms. The van der Waals surface area contributed by atoms with Gasteiger partial charge >= 0.3 is 67.4 Å². The van der Waals surface area contributed by atoms with Gasteiger partial charge in [0, 0.05) is 0 Å². The van der Waals surface area contributed by atoms with Crippen LogP contribution in [0.15, 0.2) is 18.2 Å². The SMILES string of the molecule is [O]=[Al][O]c1ccc(F)cc1F. The molecule has 56 valence electrons. The molecule has 0 fully saturated rings. The zero-order valence-electron chi connectivity index (χ0n) is 5.38. The van der Waals surface area contributed by atoms with Gasteiger partial charge in [0.2, 0.25) is 0 Å². The van der Waals surface area contributed by atoms with Crippen molar-refractivity contribution in [2.24, 2.45) is 0 Å². The predicted molar refractivity (Wildman–Crippen MR) is 33.4 cm³/mol. The van der Waals surface area contributed by atoms with Gasteiger partial charge in [0.25, 0.3) is 0 Å². The molecular formula is C6H3AlF2O2. The molecule has 0 aromatic heterocycles. The Labute approximate surface area is 68.0 Å². The van der Waals surface area contributed by atoms with Crippen LogP contribution in [0.25, 0.3) is 0 Å². The van der Waals surface area contributed by atoms with Crippen molar-refractivity contribution in [1.29, 1.82) is 0 Å². The molecule has 0 unspecified atom stereocenters. The van der Waals surface area contributed by atoms with E-state index in [1.165, 1.54) is 0 Å². The summed E-state index contributed by atoms with van der Waals surface area (Å²) in [6.45, 7) is 0. The van der Waals surface area contributed by atoms with E-state index in [0.717, 1.165) is 12.1 Å². The maximum absolute atomic E-state index is 12.5. The molecule has 1 aromatic carbocycles. The van der Waals surface area contributed by atoms with E-state index in [0.29, 0.717) is 6.07 Å². The first kappa shape index (κ1) is 8.31. The molecule has 0 aliphatic carbocycles. The Morgan fingerprint density at radius 3 is 2.64 bits per heavy atom. The fraction of sp³-hybridized carbons (Fsp3) is 0. The van der Waals surface area contributed by atoms with Crippen LogP contribution in [0.2, 0.25) is 0 Å². The normalized spacial score (nSPS) is 8.91. The molecule has 2 nitrogen and oxygen atoms in total. The fourth-order valence-electron chi connectivity index (χ4n) is 0.623. The molecule has 0 bridgehead atoms. The number of benzene rings is 1. The van der Waals surface area contributed by atoms with Crippen molar-refractivity contribution >= 4 is 15.5 Å². The first-order valence-corrected chi connectivity index (χ1v) is 3.73. The third kappa shape index (κ3) is 2.07. The van der Waals surface area contributed by atoms with Crippen molar-refractivity contribution in [3.05, 3.63) is 29.8 Å². The summed E-state index contributed by atoms with van der Waals surface area (Å²) in [6, 6.07) is 2.80. The van der Waals surface area contributed by atoms with Crippen LogP contribution in [0.3, 0.4) is 0 Å². The van der Waals surface area contributed by atoms with Gasteiger partial charge in [0.15, 0.2) is 0 Å². The fourth-order valence-corrected chi connectivity index (χ4v) is 0.917. The van der Waals surface area contributed by atoms with Crippen molar-refractivity contribution < 1.29 is 16.4 Å². The predicted octanol–water partition coefficient (Wildman–Crippen LogP) is 1.31. The molecule has 11 heavy (non-hydrogen) atoms. The van der Waals surface area contributed by atoms with Crippen molar-refractivity contribution in [2.75, 3.05) is 0 Å².